The highest BCUT2D eigenvalue weighted by Gasteiger charge is 2.24. The van der Waals surface area contributed by atoms with Crippen molar-refractivity contribution in [2.75, 3.05) is 31.1 Å². The van der Waals surface area contributed by atoms with Crippen LogP contribution >= 0.6 is 27.3 Å². The zero-order valence-electron chi connectivity index (χ0n) is 13.4. The molecule has 0 saturated carbocycles. The van der Waals surface area contributed by atoms with E-state index in [1.165, 1.54) is 5.01 Å². The van der Waals surface area contributed by atoms with Crippen molar-refractivity contribution in [3.63, 3.8) is 0 Å². The van der Waals surface area contributed by atoms with Gasteiger partial charge in [0.15, 0.2) is 0 Å². The Morgan fingerprint density at radius 2 is 2.08 bits per heavy atom. The summed E-state index contributed by atoms with van der Waals surface area (Å²) in [5.74, 6) is 0. The normalized spacial score (nSPS) is 15.7. The first-order valence-electron chi connectivity index (χ1n) is 7.91. The van der Waals surface area contributed by atoms with E-state index in [9.17, 15) is 10.1 Å². The van der Waals surface area contributed by atoms with Gasteiger partial charge < -0.3 is 4.90 Å². The monoisotopic (exact) mass is 410 g/mol. The topological polar surface area (TPSA) is 62.5 Å². The Bertz CT molecular complexity index is 729. The lowest BCUT2D eigenvalue weighted by molar-refractivity contribution is -0.384. The summed E-state index contributed by atoms with van der Waals surface area (Å²) >= 11 is 5.02. The SMILES string of the molecule is CCc1nc(CN2CCN(c3ccc(Br)cc3[N+](=O)[O-])CC2)cs1. The zero-order valence-corrected chi connectivity index (χ0v) is 15.8. The molecule has 1 aliphatic heterocycles. The lowest BCUT2D eigenvalue weighted by atomic mass is 10.2. The number of aryl methyl sites for hydroxylation is 1. The van der Waals surface area contributed by atoms with E-state index in [0.29, 0.717) is 5.69 Å². The molecule has 1 saturated heterocycles. The summed E-state index contributed by atoms with van der Waals surface area (Å²) in [6.07, 6.45) is 0.978. The van der Waals surface area contributed by atoms with Crippen molar-refractivity contribution < 1.29 is 4.92 Å². The van der Waals surface area contributed by atoms with Gasteiger partial charge in [-0.1, -0.05) is 22.9 Å². The lowest BCUT2D eigenvalue weighted by Crippen LogP contribution is -2.46. The fraction of sp³-hybridized carbons (Fsp3) is 0.438. The highest BCUT2D eigenvalue weighted by Crippen LogP contribution is 2.31. The van der Waals surface area contributed by atoms with E-state index in [2.05, 4.69) is 43.0 Å². The molecule has 1 aromatic heterocycles. The standard InChI is InChI=1S/C16H19BrN4O2S/c1-2-16-18-13(11-24-16)10-19-5-7-20(8-6-19)14-4-3-12(17)9-15(14)21(22)23/h3-4,9,11H,2,5-8,10H2,1H3. The van der Waals surface area contributed by atoms with Crippen molar-refractivity contribution in [1.82, 2.24) is 9.88 Å². The molecular formula is C16H19BrN4O2S. The van der Waals surface area contributed by atoms with Crippen molar-refractivity contribution in [3.8, 4) is 0 Å². The summed E-state index contributed by atoms with van der Waals surface area (Å²) in [5.41, 5.74) is 1.98. The van der Waals surface area contributed by atoms with Gasteiger partial charge in [-0.15, -0.1) is 11.3 Å². The number of nitro benzene ring substituents is 1. The molecule has 1 aromatic carbocycles. The Balaban J connectivity index is 1.64. The Morgan fingerprint density at radius 1 is 1.33 bits per heavy atom. The molecule has 1 aliphatic rings. The molecule has 0 spiro atoms. The number of hydrogen-bond acceptors (Lipinski definition) is 6. The number of rotatable bonds is 5. The van der Waals surface area contributed by atoms with Crippen LogP contribution in [0.2, 0.25) is 0 Å². The molecule has 1 fully saturated rings. The van der Waals surface area contributed by atoms with Gasteiger partial charge in [0.25, 0.3) is 5.69 Å². The van der Waals surface area contributed by atoms with Crippen LogP contribution in [0.3, 0.4) is 0 Å². The van der Waals surface area contributed by atoms with E-state index in [4.69, 9.17) is 0 Å². The van der Waals surface area contributed by atoms with Gasteiger partial charge in [0.2, 0.25) is 0 Å². The number of piperazine rings is 1. The molecule has 8 heteroatoms. The Hall–Kier alpha value is -1.51. The van der Waals surface area contributed by atoms with Crippen molar-refractivity contribution in [2.45, 2.75) is 19.9 Å². The van der Waals surface area contributed by atoms with Crippen molar-refractivity contribution >= 4 is 38.6 Å². The van der Waals surface area contributed by atoms with Gasteiger partial charge in [-0.3, -0.25) is 15.0 Å². The third-order valence-electron chi connectivity index (χ3n) is 4.13. The molecule has 2 aromatic rings. The van der Waals surface area contributed by atoms with Crippen LogP contribution in [0.5, 0.6) is 0 Å². The smallest absolute Gasteiger partial charge is 0.293 e. The fourth-order valence-electron chi connectivity index (χ4n) is 2.87. The minimum absolute atomic E-state index is 0.157. The third kappa shape index (κ3) is 3.93. The second-order valence-electron chi connectivity index (χ2n) is 5.74. The van der Waals surface area contributed by atoms with E-state index in [1.807, 2.05) is 12.1 Å². The number of hydrogen-bond donors (Lipinski definition) is 0. The second kappa shape index (κ2) is 7.58. The zero-order chi connectivity index (χ0) is 17.1. The molecule has 2 heterocycles. The lowest BCUT2D eigenvalue weighted by Gasteiger charge is -2.35. The van der Waals surface area contributed by atoms with Gasteiger partial charge in [-0.2, -0.15) is 0 Å². The van der Waals surface area contributed by atoms with Crippen LogP contribution in [-0.2, 0) is 13.0 Å². The summed E-state index contributed by atoms with van der Waals surface area (Å²) < 4.78 is 0.729. The van der Waals surface area contributed by atoms with Gasteiger partial charge in [-0.25, -0.2) is 4.98 Å². The molecule has 0 N–H and O–H groups in total. The molecule has 128 valence electrons. The Morgan fingerprint density at radius 3 is 2.71 bits per heavy atom. The van der Waals surface area contributed by atoms with E-state index < -0.39 is 0 Å². The van der Waals surface area contributed by atoms with Gasteiger partial charge in [0.1, 0.15) is 5.69 Å². The van der Waals surface area contributed by atoms with E-state index in [0.717, 1.165) is 49.3 Å². The fourth-order valence-corrected chi connectivity index (χ4v) is 3.96. The molecule has 0 amide bonds. The molecule has 0 unspecified atom stereocenters. The quantitative estimate of drug-likeness (QED) is 0.555. The van der Waals surface area contributed by atoms with Crippen molar-refractivity contribution in [2.24, 2.45) is 0 Å². The first kappa shape index (κ1) is 17.3. The summed E-state index contributed by atoms with van der Waals surface area (Å²) in [5, 5.41) is 14.6. The molecule has 0 bridgehead atoms. The number of halogens is 1. The van der Waals surface area contributed by atoms with Gasteiger partial charge in [-0.05, 0) is 18.6 Å². The van der Waals surface area contributed by atoms with Gasteiger partial charge in [0.05, 0.1) is 15.6 Å². The van der Waals surface area contributed by atoms with E-state index in [1.54, 1.807) is 17.4 Å². The highest BCUT2D eigenvalue weighted by molar-refractivity contribution is 9.10. The highest BCUT2D eigenvalue weighted by atomic mass is 79.9. The number of thiazole rings is 1. The molecular weight excluding hydrogens is 392 g/mol. The maximum atomic E-state index is 11.3. The Labute approximate surface area is 153 Å². The van der Waals surface area contributed by atoms with Crippen LogP contribution in [-0.4, -0.2) is 41.0 Å². The summed E-state index contributed by atoms with van der Waals surface area (Å²) in [6.45, 7) is 6.30. The van der Waals surface area contributed by atoms with E-state index >= 15 is 0 Å². The molecule has 0 aliphatic carbocycles. The molecule has 24 heavy (non-hydrogen) atoms. The Kier molecular flexibility index (Phi) is 5.47. The van der Waals surface area contributed by atoms with Crippen LogP contribution in [0, 0.1) is 10.1 Å². The molecule has 3 rings (SSSR count). The van der Waals surface area contributed by atoms with Crippen LogP contribution in [0.4, 0.5) is 11.4 Å². The summed E-state index contributed by atoms with van der Waals surface area (Å²) in [6, 6.07) is 5.26. The van der Waals surface area contributed by atoms with Gasteiger partial charge in [0, 0.05) is 48.6 Å². The average molecular weight is 411 g/mol. The number of aromatic nitrogens is 1. The average Bonchev–Trinajstić information content (AvgIpc) is 3.03. The predicted molar refractivity (Wildman–Crippen MR) is 99.8 cm³/mol. The number of nitro groups is 1. The van der Waals surface area contributed by atoms with E-state index in [-0.39, 0.29) is 10.6 Å². The van der Waals surface area contributed by atoms with Crippen LogP contribution in [0.1, 0.15) is 17.6 Å². The summed E-state index contributed by atoms with van der Waals surface area (Å²) in [7, 11) is 0. The second-order valence-corrected chi connectivity index (χ2v) is 7.60. The summed E-state index contributed by atoms with van der Waals surface area (Å²) in [4.78, 5) is 20.1. The van der Waals surface area contributed by atoms with Crippen LogP contribution in [0.25, 0.3) is 0 Å². The van der Waals surface area contributed by atoms with Crippen LogP contribution < -0.4 is 4.90 Å². The molecule has 0 radical (unpaired) electrons. The minimum Gasteiger partial charge on any atom is -0.363 e. The predicted octanol–water partition coefficient (Wildman–Crippen LogP) is 3.70. The first-order valence-corrected chi connectivity index (χ1v) is 9.58. The number of benzene rings is 1. The minimum atomic E-state index is -0.311. The van der Waals surface area contributed by atoms with Crippen LogP contribution in [0.15, 0.2) is 28.1 Å². The first-order chi connectivity index (χ1) is 11.6. The van der Waals surface area contributed by atoms with Crippen molar-refractivity contribution in [1.29, 1.82) is 0 Å². The number of anilines is 1. The molecule has 6 nitrogen and oxygen atoms in total. The third-order valence-corrected chi connectivity index (χ3v) is 5.67. The molecule has 0 atom stereocenters. The van der Waals surface area contributed by atoms with Crippen molar-refractivity contribution in [3.05, 3.63) is 48.9 Å². The maximum absolute atomic E-state index is 11.3. The number of nitrogens with zero attached hydrogens (tertiary/aromatic N) is 4. The maximum Gasteiger partial charge on any atom is 0.293 e. The largest absolute Gasteiger partial charge is 0.363 e. The van der Waals surface area contributed by atoms with Gasteiger partial charge >= 0.3 is 0 Å².